The smallest absolute Gasteiger partial charge is 0.258 e. The number of hydrogen-bond donors (Lipinski definition) is 1. The van der Waals surface area contributed by atoms with Crippen LogP contribution in [-0.2, 0) is 10.0 Å². The first-order valence-electron chi connectivity index (χ1n) is 4.88. The van der Waals surface area contributed by atoms with Crippen LogP contribution >= 0.6 is 15.9 Å². The van der Waals surface area contributed by atoms with Gasteiger partial charge in [-0.3, -0.25) is 10.1 Å². The number of hydrogen-bond acceptors (Lipinski definition) is 4. The highest BCUT2D eigenvalue weighted by Gasteiger charge is 2.20. The van der Waals surface area contributed by atoms with Crippen molar-refractivity contribution in [3.05, 3.63) is 34.1 Å². The van der Waals surface area contributed by atoms with Crippen molar-refractivity contribution in [2.75, 3.05) is 11.9 Å². The SMILES string of the molecule is O=[N+]([O-])c1cc(S(=O)(=O)NCCCBr)ccc1F. The predicted octanol–water partition coefficient (Wildman–Crippen LogP) is 1.80. The number of rotatable bonds is 6. The summed E-state index contributed by atoms with van der Waals surface area (Å²) in [7, 11) is -3.85. The summed E-state index contributed by atoms with van der Waals surface area (Å²) in [6.07, 6.45) is 0.572. The molecule has 0 bridgehead atoms. The molecule has 1 aromatic rings. The van der Waals surface area contributed by atoms with Crippen molar-refractivity contribution in [3.8, 4) is 0 Å². The fourth-order valence-electron chi connectivity index (χ4n) is 1.16. The van der Waals surface area contributed by atoms with Crippen molar-refractivity contribution in [1.29, 1.82) is 0 Å². The summed E-state index contributed by atoms with van der Waals surface area (Å²) in [6, 6.07) is 2.45. The second-order valence-corrected chi connectivity index (χ2v) is 5.87. The average molecular weight is 341 g/mol. The van der Waals surface area contributed by atoms with Crippen LogP contribution in [0, 0.1) is 15.9 Å². The fraction of sp³-hybridized carbons (Fsp3) is 0.333. The van der Waals surface area contributed by atoms with Gasteiger partial charge in [0.05, 0.1) is 9.82 Å². The Labute approximate surface area is 112 Å². The van der Waals surface area contributed by atoms with Gasteiger partial charge in [-0.05, 0) is 18.6 Å². The zero-order valence-corrected chi connectivity index (χ0v) is 11.5. The van der Waals surface area contributed by atoms with E-state index in [1.807, 2.05) is 0 Å². The third-order valence-electron chi connectivity index (χ3n) is 2.03. The van der Waals surface area contributed by atoms with Gasteiger partial charge in [0.15, 0.2) is 0 Å². The van der Waals surface area contributed by atoms with Gasteiger partial charge in [-0.1, -0.05) is 15.9 Å². The molecule has 0 aliphatic carbocycles. The molecule has 1 rings (SSSR count). The third-order valence-corrected chi connectivity index (χ3v) is 4.05. The first kappa shape index (κ1) is 15.0. The number of benzene rings is 1. The maximum Gasteiger partial charge on any atom is 0.306 e. The minimum Gasteiger partial charge on any atom is -0.258 e. The summed E-state index contributed by atoms with van der Waals surface area (Å²) < 4.78 is 38.8. The number of alkyl halides is 1. The molecule has 0 atom stereocenters. The molecule has 6 nitrogen and oxygen atoms in total. The number of nitro benzene ring substituents is 1. The molecule has 0 saturated carbocycles. The summed E-state index contributed by atoms with van der Waals surface area (Å²) in [5, 5.41) is 11.1. The molecule has 1 N–H and O–H groups in total. The summed E-state index contributed by atoms with van der Waals surface area (Å²) in [5.74, 6) is -1.07. The highest BCUT2D eigenvalue weighted by atomic mass is 79.9. The lowest BCUT2D eigenvalue weighted by Crippen LogP contribution is -2.25. The van der Waals surface area contributed by atoms with Crippen molar-refractivity contribution in [3.63, 3.8) is 0 Å². The zero-order valence-electron chi connectivity index (χ0n) is 9.10. The topological polar surface area (TPSA) is 89.3 Å². The Morgan fingerprint density at radius 1 is 1.44 bits per heavy atom. The molecule has 0 spiro atoms. The Hall–Kier alpha value is -1.06. The number of nitrogens with zero attached hydrogens (tertiary/aromatic N) is 1. The first-order chi connectivity index (χ1) is 8.38. The van der Waals surface area contributed by atoms with Gasteiger partial charge in [-0.2, -0.15) is 4.39 Å². The Morgan fingerprint density at radius 2 is 2.11 bits per heavy atom. The molecule has 0 aromatic heterocycles. The van der Waals surface area contributed by atoms with Gasteiger partial charge in [-0.25, -0.2) is 13.1 Å². The molecule has 0 fully saturated rings. The lowest BCUT2D eigenvalue weighted by molar-refractivity contribution is -0.387. The quantitative estimate of drug-likeness (QED) is 0.370. The normalized spacial score (nSPS) is 11.4. The zero-order chi connectivity index (χ0) is 13.8. The standard InChI is InChI=1S/C9H10BrFN2O4S/c10-4-1-5-12-18(16,17)7-2-3-8(11)9(6-7)13(14)15/h2-3,6,12H,1,4-5H2. The van der Waals surface area contributed by atoms with Crippen LogP contribution in [0.25, 0.3) is 0 Å². The van der Waals surface area contributed by atoms with Crippen LogP contribution in [0.15, 0.2) is 23.1 Å². The molecule has 9 heteroatoms. The van der Waals surface area contributed by atoms with Crippen molar-refractivity contribution >= 4 is 31.6 Å². The van der Waals surface area contributed by atoms with Crippen molar-refractivity contribution in [2.24, 2.45) is 0 Å². The predicted molar refractivity (Wildman–Crippen MR) is 66.7 cm³/mol. The number of halogens is 2. The van der Waals surface area contributed by atoms with Gasteiger partial charge in [0.25, 0.3) is 0 Å². The van der Waals surface area contributed by atoms with E-state index in [9.17, 15) is 22.9 Å². The van der Waals surface area contributed by atoms with Crippen molar-refractivity contribution in [2.45, 2.75) is 11.3 Å². The number of nitro groups is 1. The summed E-state index contributed by atoms with van der Waals surface area (Å²) in [6.45, 7) is 0.193. The molecule has 0 aliphatic heterocycles. The average Bonchev–Trinajstić information content (AvgIpc) is 2.29. The number of sulfonamides is 1. The van der Waals surface area contributed by atoms with Crippen LogP contribution in [0.4, 0.5) is 10.1 Å². The van der Waals surface area contributed by atoms with E-state index in [2.05, 4.69) is 20.7 Å². The molecule has 0 heterocycles. The molecule has 18 heavy (non-hydrogen) atoms. The van der Waals surface area contributed by atoms with Crippen molar-refractivity contribution < 1.29 is 17.7 Å². The van der Waals surface area contributed by atoms with Crippen molar-refractivity contribution in [1.82, 2.24) is 4.72 Å². The third kappa shape index (κ3) is 3.72. The van der Waals surface area contributed by atoms with Gasteiger partial charge in [-0.15, -0.1) is 0 Å². The lowest BCUT2D eigenvalue weighted by atomic mass is 10.3. The summed E-state index contributed by atoms with van der Waals surface area (Å²) >= 11 is 3.14. The van der Waals surface area contributed by atoms with E-state index >= 15 is 0 Å². The monoisotopic (exact) mass is 340 g/mol. The fourth-order valence-corrected chi connectivity index (χ4v) is 2.53. The van der Waals surface area contributed by atoms with Crippen LogP contribution in [0.5, 0.6) is 0 Å². The molecule has 1 aromatic carbocycles. The Balaban J connectivity index is 3.02. The highest BCUT2D eigenvalue weighted by molar-refractivity contribution is 9.09. The molecule has 0 amide bonds. The highest BCUT2D eigenvalue weighted by Crippen LogP contribution is 2.21. The molecule has 0 unspecified atom stereocenters. The van der Waals surface area contributed by atoms with E-state index < -0.39 is 26.5 Å². The Kier molecular flexibility index (Phi) is 5.17. The number of nitrogens with one attached hydrogen (secondary N) is 1. The Morgan fingerprint density at radius 3 is 2.67 bits per heavy atom. The summed E-state index contributed by atoms with van der Waals surface area (Å²) in [4.78, 5) is 9.21. The van der Waals surface area contributed by atoms with Crippen LogP contribution in [0.2, 0.25) is 0 Å². The Bertz CT molecular complexity index is 549. The van der Waals surface area contributed by atoms with Crippen LogP contribution in [0.1, 0.15) is 6.42 Å². The minimum atomic E-state index is -3.85. The van der Waals surface area contributed by atoms with E-state index in [-0.39, 0.29) is 11.4 Å². The van der Waals surface area contributed by atoms with Gasteiger partial charge < -0.3 is 0 Å². The van der Waals surface area contributed by atoms with E-state index in [4.69, 9.17) is 0 Å². The van der Waals surface area contributed by atoms with E-state index in [1.165, 1.54) is 0 Å². The molecule has 0 radical (unpaired) electrons. The maximum atomic E-state index is 13.1. The van der Waals surface area contributed by atoms with Crippen LogP contribution in [0.3, 0.4) is 0 Å². The van der Waals surface area contributed by atoms with Gasteiger partial charge in [0, 0.05) is 17.9 Å². The van der Waals surface area contributed by atoms with E-state index in [0.29, 0.717) is 17.8 Å². The van der Waals surface area contributed by atoms with Crippen LogP contribution in [-0.4, -0.2) is 25.2 Å². The molecule has 0 aliphatic rings. The minimum absolute atomic E-state index is 0.193. The second-order valence-electron chi connectivity index (χ2n) is 3.31. The first-order valence-corrected chi connectivity index (χ1v) is 7.48. The van der Waals surface area contributed by atoms with Gasteiger partial charge in [0.2, 0.25) is 15.8 Å². The van der Waals surface area contributed by atoms with E-state index in [0.717, 1.165) is 12.1 Å². The molecular formula is C9H10BrFN2O4S. The van der Waals surface area contributed by atoms with E-state index in [1.54, 1.807) is 0 Å². The van der Waals surface area contributed by atoms with Gasteiger partial charge >= 0.3 is 5.69 Å². The maximum absolute atomic E-state index is 13.1. The van der Waals surface area contributed by atoms with Crippen LogP contribution < -0.4 is 4.72 Å². The second kappa shape index (κ2) is 6.21. The molecular weight excluding hydrogens is 331 g/mol. The summed E-state index contributed by atoms with van der Waals surface area (Å²) in [5.41, 5.74) is -0.863. The largest absolute Gasteiger partial charge is 0.306 e. The van der Waals surface area contributed by atoms with Gasteiger partial charge in [0.1, 0.15) is 0 Å². The molecule has 0 saturated heterocycles. The lowest BCUT2D eigenvalue weighted by Gasteiger charge is -2.05. The molecule has 100 valence electrons.